The van der Waals surface area contributed by atoms with Crippen molar-refractivity contribution in [2.45, 2.75) is 19.8 Å². The van der Waals surface area contributed by atoms with E-state index in [2.05, 4.69) is 23.7 Å². The molecule has 1 aliphatic rings. The van der Waals surface area contributed by atoms with E-state index in [9.17, 15) is 4.79 Å². The number of hydrogen-bond donors (Lipinski definition) is 0. The van der Waals surface area contributed by atoms with E-state index in [0.717, 1.165) is 12.0 Å². The van der Waals surface area contributed by atoms with E-state index in [1.165, 1.54) is 24.2 Å². The maximum Gasteiger partial charge on any atom is 0.178 e. The molecule has 0 aliphatic heterocycles. The van der Waals surface area contributed by atoms with Gasteiger partial charge in [0, 0.05) is 10.8 Å². The smallest absolute Gasteiger partial charge is 0.178 e. The van der Waals surface area contributed by atoms with Gasteiger partial charge in [0.1, 0.15) is 5.69 Å². The molecule has 1 aromatic heterocycles. The van der Waals surface area contributed by atoms with Gasteiger partial charge in [0.05, 0.1) is 0 Å². The first-order valence-corrected chi connectivity index (χ1v) is 5.04. The van der Waals surface area contributed by atoms with Gasteiger partial charge in [0.15, 0.2) is 11.3 Å². The number of rotatable bonds is 1. The van der Waals surface area contributed by atoms with Gasteiger partial charge in [0.2, 0.25) is 0 Å². The van der Waals surface area contributed by atoms with Gasteiger partial charge in [-0.1, -0.05) is 5.92 Å². The molecule has 1 aliphatic carbocycles. The molecule has 1 fully saturated rings. The standard InChI is InChI=1S/C10H9NOS/c1-10(4-5-10)3-2-8-7-13-9(6-12)11-8/h6-7H,4-5H2,1H3. The molecule has 1 heterocycles. The summed E-state index contributed by atoms with van der Waals surface area (Å²) in [6, 6.07) is 0. The summed E-state index contributed by atoms with van der Waals surface area (Å²) in [5.74, 6) is 6.16. The lowest BCUT2D eigenvalue weighted by Gasteiger charge is -1.89. The van der Waals surface area contributed by atoms with Crippen molar-refractivity contribution in [2.75, 3.05) is 0 Å². The van der Waals surface area contributed by atoms with Gasteiger partial charge in [-0.3, -0.25) is 4.79 Å². The van der Waals surface area contributed by atoms with Gasteiger partial charge in [0.25, 0.3) is 0 Å². The molecule has 2 nitrogen and oxygen atoms in total. The first-order chi connectivity index (χ1) is 6.22. The summed E-state index contributed by atoms with van der Waals surface area (Å²) in [6.45, 7) is 2.15. The van der Waals surface area contributed by atoms with Gasteiger partial charge in [-0.15, -0.1) is 11.3 Å². The van der Waals surface area contributed by atoms with Crippen molar-refractivity contribution in [3.8, 4) is 11.8 Å². The van der Waals surface area contributed by atoms with Crippen molar-refractivity contribution in [2.24, 2.45) is 5.41 Å². The highest BCUT2D eigenvalue weighted by atomic mass is 32.1. The number of carbonyl (C=O) groups excluding carboxylic acids is 1. The molecule has 13 heavy (non-hydrogen) atoms. The Balaban J connectivity index is 2.15. The predicted molar refractivity (Wildman–Crippen MR) is 51.7 cm³/mol. The second-order valence-electron chi connectivity index (χ2n) is 3.50. The fourth-order valence-electron chi connectivity index (χ4n) is 0.927. The van der Waals surface area contributed by atoms with Crippen LogP contribution < -0.4 is 0 Å². The summed E-state index contributed by atoms with van der Waals surface area (Å²) in [5, 5.41) is 2.33. The van der Waals surface area contributed by atoms with Crippen LogP contribution in [0.5, 0.6) is 0 Å². The molecule has 66 valence electrons. The summed E-state index contributed by atoms with van der Waals surface area (Å²) >= 11 is 1.34. The third kappa shape index (κ3) is 1.96. The minimum atomic E-state index is 0.227. The predicted octanol–water partition coefficient (Wildman–Crippen LogP) is 2.11. The van der Waals surface area contributed by atoms with E-state index in [1.807, 2.05) is 5.38 Å². The number of aldehydes is 1. The number of hydrogen-bond acceptors (Lipinski definition) is 3. The van der Waals surface area contributed by atoms with Gasteiger partial charge in [-0.2, -0.15) is 0 Å². The van der Waals surface area contributed by atoms with E-state index in [4.69, 9.17) is 0 Å². The molecule has 0 unspecified atom stereocenters. The van der Waals surface area contributed by atoms with Crippen molar-refractivity contribution < 1.29 is 4.79 Å². The van der Waals surface area contributed by atoms with Crippen LogP contribution in [0.15, 0.2) is 5.38 Å². The van der Waals surface area contributed by atoms with Crippen molar-refractivity contribution in [3.63, 3.8) is 0 Å². The summed E-state index contributed by atoms with van der Waals surface area (Å²) in [6.07, 6.45) is 3.13. The number of carbonyl (C=O) groups is 1. The summed E-state index contributed by atoms with van der Waals surface area (Å²) in [4.78, 5) is 14.4. The van der Waals surface area contributed by atoms with E-state index in [-0.39, 0.29) is 5.41 Å². The van der Waals surface area contributed by atoms with E-state index in [0.29, 0.717) is 5.01 Å². The van der Waals surface area contributed by atoms with Crippen LogP contribution in [0, 0.1) is 17.3 Å². The molecule has 0 spiro atoms. The minimum Gasteiger partial charge on any atom is -0.295 e. The summed E-state index contributed by atoms with van der Waals surface area (Å²) < 4.78 is 0. The molecule has 1 aromatic rings. The molecular weight excluding hydrogens is 182 g/mol. The Morgan fingerprint density at radius 2 is 2.46 bits per heavy atom. The van der Waals surface area contributed by atoms with Crippen LogP contribution in [0.1, 0.15) is 35.3 Å². The van der Waals surface area contributed by atoms with Gasteiger partial charge >= 0.3 is 0 Å². The highest BCUT2D eigenvalue weighted by Crippen LogP contribution is 2.44. The molecule has 0 atom stereocenters. The maximum absolute atomic E-state index is 10.3. The second-order valence-corrected chi connectivity index (χ2v) is 4.39. The zero-order valence-electron chi connectivity index (χ0n) is 7.33. The molecule has 3 heteroatoms. The Labute approximate surface area is 81.0 Å². The Morgan fingerprint density at radius 3 is 3.00 bits per heavy atom. The van der Waals surface area contributed by atoms with Crippen LogP contribution in [0.4, 0.5) is 0 Å². The third-order valence-electron chi connectivity index (χ3n) is 2.12. The second kappa shape index (κ2) is 2.97. The average Bonchev–Trinajstić information content (AvgIpc) is 2.69. The van der Waals surface area contributed by atoms with Gasteiger partial charge in [-0.25, -0.2) is 4.98 Å². The van der Waals surface area contributed by atoms with Crippen LogP contribution in [0.3, 0.4) is 0 Å². The highest BCUT2D eigenvalue weighted by Gasteiger charge is 2.35. The van der Waals surface area contributed by atoms with Crippen molar-refractivity contribution >= 4 is 17.6 Å². The molecule has 0 bridgehead atoms. The number of thiazole rings is 1. The monoisotopic (exact) mass is 191 g/mol. The lowest BCUT2D eigenvalue weighted by Crippen LogP contribution is -1.85. The Bertz CT molecular complexity index is 393. The minimum absolute atomic E-state index is 0.227. The molecule has 0 amide bonds. The van der Waals surface area contributed by atoms with Crippen LogP contribution >= 0.6 is 11.3 Å². The Kier molecular flexibility index (Phi) is 1.93. The third-order valence-corrected chi connectivity index (χ3v) is 2.89. The Morgan fingerprint density at radius 1 is 1.69 bits per heavy atom. The van der Waals surface area contributed by atoms with Crippen LogP contribution in [-0.2, 0) is 0 Å². The van der Waals surface area contributed by atoms with E-state index < -0.39 is 0 Å². The lowest BCUT2D eigenvalue weighted by molar-refractivity contribution is 0.112. The maximum atomic E-state index is 10.3. The Hall–Kier alpha value is -1.14. The lowest BCUT2D eigenvalue weighted by atomic mass is 10.1. The van der Waals surface area contributed by atoms with Crippen LogP contribution in [0.2, 0.25) is 0 Å². The normalized spacial score (nSPS) is 17.3. The number of nitrogens with zero attached hydrogens (tertiary/aromatic N) is 1. The zero-order valence-corrected chi connectivity index (χ0v) is 8.15. The van der Waals surface area contributed by atoms with Gasteiger partial charge < -0.3 is 0 Å². The first kappa shape index (κ1) is 8.46. The van der Waals surface area contributed by atoms with Gasteiger partial charge in [-0.05, 0) is 25.7 Å². The fourth-order valence-corrected chi connectivity index (χ4v) is 1.48. The zero-order chi connectivity index (χ0) is 9.31. The molecule has 2 rings (SSSR count). The summed E-state index contributed by atoms with van der Waals surface area (Å²) in [5.41, 5.74) is 0.950. The molecule has 0 aromatic carbocycles. The molecule has 0 radical (unpaired) electrons. The SMILES string of the molecule is CC1(C#Cc2csc(C=O)n2)CC1. The fraction of sp³-hybridized carbons (Fsp3) is 0.400. The highest BCUT2D eigenvalue weighted by molar-refractivity contribution is 7.11. The molecule has 1 saturated carbocycles. The van der Waals surface area contributed by atoms with Crippen molar-refractivity contribution in [1.29, 1.82) is 0 Å². The van der Waals surface area contributed by atoms with Crippen LogP contribution in [-0.4, -0.2) is 11.3 Å². The quantitative estimate of drug-likeness (QED) is 0.502. The first-order valence-electron chi connectivity index (χ1n) is 4.16. The molecule has 0 N–H and O–H groups in total. The largest absolute Gasteiger partial charge is 0.295 e. The topological polar surface area (TPSA) is 30.0 Å². The van der Waals surface area contributed by atoms with E-state index >= 15 is 0 Å². The van der Waals surface area contributed by atoms with E-state index in [1.54, 1.807) is 0 Å². The number of aromatic nitrogens is 1. The van der Waals surface area contributed by atoms with Crippen molar-refractivity contribution in [3.05, 3.63) is 16.1 Å². The van der Waals surface area contributed by atoms with Crippen molar-refractivity contribution in [1.82, 2.24) is 4.98 Å². The van der Waals surface area contributed by atoms with Crippen LogP contribution in [0.25, 0.3) is 0 Å². The molecule has 0 saturated heterocycles. The summed E-state index contributed by atoms with van der Waals surface area (Å²) in [7, 11) is 0. The average molecular weight is 191 g/mol. The molecular formula is C10H9NOS.